The van der Waals surface area contributed by atoms with Crippen molar-refractivity contribution in [2.24, 2.45) is 0 Å². The van der Waals surface area contributed by atoms with E-state index in [1.54, 1.807) is 6.08 Å². The first kappa shape index (κ1) is 12.4. The molecular formula is C10H14O2Zn. The molecular weight excluding hydrogens is 217 g/mol. The Morgan fingerprint density at radius 1 is 1.54 bits per heavy atom. The summed E-state index contributed by atoms with van der Waals surface area (Å²) in [7, 11) is 0. The SMILES string of the molecule is C=C(/C=C\[C](=[Zn])C(=O)O)CCCC. The van der Waals surface area contributed by atoms with Crippen LogP contribution in [0, 0.1) is 0 Å². The molecule has 3 heteroatoms. The number of carboxylic acids is 1. The van der Waals surface area contributed by atoms with Gasteiger partial charge < -0.3 is 0 Å². The molecule has 2 nitrogen and oxygen atoms in total. The van der Waals surface area contributed by atoms with E-state index in [4.69, 9.17) is 5.11 Å². The monoisotopic (exact) mass is 230 g/mol. The molecule has 0 atom stereocenters. The van der Waals surface area contributed by atoms with Crippen LogP contribution in [0.5, 0.6) is 0 Å². The molecule has 0 radical (unpaired) electrons. The van der Waals surface area contributed by atoms with Gasteiger partial charge in [0.15, 0.2) is 0 Å². The molecule has 0 unspecified atom stereocenters. The Kier molecular flexibility index (Phi) is 6.61. The van der Waals surface area contributed by atoms with Crippen LogP contribution in [0.2, 0.25) is 0 Å². The molecule has 0 rings (SSSR count). The Morgan fingerprint density at radius 3 is 2.62 bits per heavy atom. The second-order valence-electron chi connectivity index (χ2n) is 2.93. The van der Waals surface area contributed by atoms with Crippen LogP contribution in [0.15, 0.2) is 24.3 Å². The summed E-state index contributed by atoms with van der Waals surface area (Å²) in [6.07, 6.45) is 6.68. The van der Waals surface area contributed by atoms with Gasteiger partial charge in [-0.2, -0.15) is 0 Å². The quantitative estimate of drug-likeness (QED) is 0.561. The van der Waals surface area contributed by atoms with Gasteiger partial charge in [-0.05, 0) is 0 Å². The van der Waals surface area contributed by atoms with Crippen molar-refractivity contribution in [3.63, 3.8) is 0 Å². The number of unbranched alkanes of at least 4 members (excludes halogenated alkanes) is 1. The van der Waals surface area contributed by atoms with Crippen LogP contribution < -0.4 is 0 Å². The van der Waals surface area contributed by atoms with Crippen molar-refractivity contribution in [2.45, 2.75) is 26.2 Å². The van der Waals surface area contributed by atoms with Gasteiger partial charge in [-0.3, -0.25) is 0 Å². The standard InChI is InChI=1S/C10H14O2.Zn/c1-3-4-6-9(2)7-5-8-10(11)12;/h5,7H,2-4,6H2,1H3,(H,11,12);/b7-5-;. The Bertz CT molecular complexity index is 241. The Morgan fingerprint density at radius 2 is 2.15 bits per heavy atom. The number of carbonyl (C=O) groups is 1. The van der Waals surface area contributed by atoms with Crippen molar-refractivity contribution in [1.29, 1.82) is 0 Å². The molecule has 0 aromatic carbocycles. The summed E-state index contributed by atoms with van der Waals surface area (Å²) in [5.41, 5.74) is 1.01. The van der Waals surface area contributed by atoms with Crippen LogP contribution in [0.4, 0.5) is 0 Å². The molecule has 0 saturated heterocycles. The van der Waals surface area contributed by atoms with Gasteiger partial charge >= 0.3 is 88.3 Å². The molecule has 0 saturated carbocycles. The second kappa shape index (κ2) is 6.91. The number of carboxylic acid groups (broad SMARTS) is 1. The minimum atomic E-state index is -0.820. The summed E-state index contributed by atoms with van der Waals surface area (Å²) in [4.78, 5) is 10.4. The van der Waals surface area contributed by atoms with Crippen LogP contribution in [0.3, 0.4) is 0 Å². The second-order valence-corrected chi connectivity index (χ2v) is 4.52. The molecule has 0 aromatic rings. The molecule has 0 aliphatic carbocycles. The summed E-state index contributed by atoms with van der Waals surface area (Å²) in [6.45, 7) is 5.97. The minimum absolute atomic E-state index is 0.470. The average Bonchev–Trinajstić information content (AvgIpc) is 2.10. The van der Waals surface area contributed by atoms with Crippen LogP contribution in [-0.2, 0) is 22.6 Å². The van der Waals surface area contributed by atoms with E-state index >= 15 is 0 Å². The van der Waals surface area contributed by atoms with Gasteiger partial charge in [0, 0.05) is 0 Å². The van der Waals surface area contributed by atoms with Crippen molar-refractivity contribution >= 4 is 10.1 Å². The molecule has 13 heavy (non-hydrogen) atoms. The van der Waals surface area contributed by atoms with Crippen molar-refractivity contribution in [1.82, 2.24) is 0 Å². The molecule has 68 valence electrons. The van der Waals surface area contributed by atoms with Crippen LogP contribution in [0.1, 0.15) is 26.2 Å². The van der Waals surface area contributed by atoms with Crippen molar-refractivity contribution in [3.05, 3.63) is 24.3 Å². The molecule has 0 aliphatic heterocycles. The number of hydrogen-bond acceptors (Lipinski definition) is 1. The molecule has 0 heterocycles. The van der Waals surface area contributed by atoms with E-state index in [1.165, 1.54) is 0 Å². The zero-order valence-corrected chi connectivity index (χ0v) is 11.0. The number of aliphatic carboxylic acids is 1. The van der Waals surface area contributed by atoms with E-state index in [0.717, 1.165) is 24.8 Å². The fourth-order valence-electron chi connectivity index (χ4n) is 0.777. The Balaban J connectivity index is 3.90. The molecule has 0 aromatic heterocycles. The van der Waals surface area contributed by atoms with Gasteiger partial charge in [0.2, 0.25) is 0 Å². The van der Waals surface area contributed by atoms with E-state index in [2.05, 4.69) is 13.5 Å². The van der Waals surface area contributed by atoms with Crippen LogP contribution in [0.25, 0.3) is 0 Å². The maximum absolute atomic E-state index is 10.4. The summed E-state index contributed by atoms with van der Waals surface area (Å²) in [6, 6.07) is 0. The van der Waals surface area contributed by atoms with Gasteiger partial charge in [-0.15, -0.1) is 0 Å². The molecule has 1 N–H and O–H groups in total. The van der Waals surface area contributed by atoms with Crippen molar-refractivity contribution in [3.8, 4) is 0 Å². The first-order valence-electron chi connectivity index (χ1n) is 4.36. The average molecular weight is 232 g/mol. The zero-order chi connectivity index (χ0) is 10.3. The van der Waals surface area contributed by atoms with Gasteiger partial charge in [-0.1, -0.05) is 0 Å². The van der Waals surface area contributed by atoms with Crippen molar-refractivity contribution < 1.29 is 27.8 Å². The third-order valence-electron chi connectivity index (χ3n) is 1.65. The third kappa shape index (κ3) is 6.59. The van der Waals surface area contributed by atoms with Crippen LogP contribution in [-0.4, -0.2) is 15.2 Å². The Labute approximate surface area is 88.5 Å². The number of rotatable bonds is 6. The molecule has 0 spiro atoms. The van der Waals surface area contributed by atoms with E-state index in [1.807, 2.05) is 6.08 Å². The molecule has 0 aliphatic rings. The predicted molar refractivity (Wildman–Crippen MR) is 50.4 cm³/mol. The topological polar surface area (TPSA) is 37.3 Å². The Hall–Kier alpha value is -0.557. The molecule has 0 amide bonds. The summed E-state index contributed by atoms with van der Waals surface area (Å²) in [5.74, 6) is -0.820. The van der Waals surface area contributed by atoms with E-state index in [0.29, 0.717) is 22.0 Å². The summed E-state index contributed by atoms with van der Waals surface area (Å²) in [5, 5.41) is 8.58. The van der Waals surface area contributed by atoms with Crippen molar-refractivity contribution in [2.75, 3.05) is 0 Å². The van der Waals surface area contributed by atoms with Gasteiger partial charge in [0.05, 0.1) is 0 Å². The molecule has 0 fully saturated rings. The third-order valence-corrected chi connectivity index (χ3v) is 2.78. The number of hydrogen-bond donors (Lipinski definition) is 1. The first-order chi connectivity index (χ1) is 6.07. The van der Waals surface area contributed by atoms with E-state index < -0.39 is 5.97 Å². The summed E-state index contributed by atoms with van der Waals surface area (Å²) < 4.78 is 0.470. The first-order valence-corrected chi connectivity index (χ1v) is 5.84. The zero-order valence-electron chi connectivity index (χ0n) is 8.05. The van der Waals surface area contributed by atoms with Gasteiger partial charge in [-0.25, -0.2) is 0 Å². The number of allylic oxidation sites excluding steroid dienone is 2. The summed E-state index contributed by atoms with van der Waals surface area (Å²) >= 11 is 0.674. The van der Waals surface area contributed by atoms with Crippen LogP contribution >= 0.6 is 0 Å². The van der Waals surface area contributed by atoms with E-state index in [-0.39, 0.29) is 0 Å². The van der Waals surface area contributed by atoms with Gasteiger partial charge in [0.1, 0.15) is 0 Å². The fourth-order valence-corrected chi connectivity index (χ4v) is 1.02. The maximum atomic E-state index is 10.4. The molecule has 0 bridgehead atoms. The normalized spacial score (nSPS) is 10.4. The van der Waals surface area contributed by atoms with Gasteiger partial charge in [0.25, 0.3) is 0 Å². The fraction of sp³-hybridized carbons (Fsp3) is 0.400. The predicted octanol–water partition coefficient (Wildman–Crippen LogP) is 2.09. The van der Waals surface area contributed by atoms with E-state index in [9.17, 15) is 4.79 Å².